The first kappa shape index (κ1) is 15.5. The lowest BCUT2D eigenvalue weighted by molar-refractivity contribution is -0.142. The molecule has 1 amide bonds. The number of hydrogen-bond donors (Lipinski definition) is 2. The minimum absolute atomic E-state index is 0.135. The summed E-state index contributed by atoms with van der Waals surface area (Å²) in [6.07, 6.45) is 0. The van der Waals surface area contributed by atoms with E-state index in [1.165, 1.54) is 0 Å². The average molecular weight is 291 g/mol. The molecular formula is C16H21NO4. The minimum atomic E-state index is -0.929. The van der Waals surface area contributed by atoms with Crippen molar-refractivity contribution in [1.82, 2.24) is 4.90 Å². The highest BCUT2D eigenvalue weighted by atomic mass is 16.4. The van der Waals surface area contributed by atoms with Gasteiger partial charge < -0.3 is 15.1 Å². The van der Waals surface area contributed by atoms with Gasteiger partial charge in [0.1, 0.15) is 0 Å². The number of benzene rings is 1. The van der Waals surface area contributed by atoms with Gasteiger partial charge in [0.25, 0.3) is 0 Å². The Hall–Kier alpha value is -1.88. The van der Waals surface area contributed by atoms with Crippen LogP contribution >= 0.6 is 0 Å². The van der Waals surface area contributed by atoms with Crippen LogP contribution in [0, 0.1) is 17.3 Å². The molecule has 21 heavy (non-hydrogen) atoms. The molecule has 2 N–H and O–H groups in total. The van der Waals surface area contributed by atoms with E-state index in [-0.39, 0.29) is 19.1 Å². The molecule has 0 bridgehead atoms. The van der Waals surface area contributed by atoms with E-state index in [0.717, 1.165) is 5.56 Å². The largest absolute Gasteiger partial charge is 0.481 e. The third kappa shape index (κ3) is 3.08. The number of rotatable bonds is 6. The molecule has 1 fully saturated rings. The van der Waals surface area contributed by atoms with E-state index in [4.69, 9.17) is 5.11 Å². The van der Waals surface area contributed by atoms with Gasteiger partial charge in [-0.15, -0.1) is 0 Å². The average Bonchev–Trinajstić information content (AvgIpc) is 3.02. The number of nitrogens with zero attached hydrogens (tertiary/aromatic N) is 1. The van der Waals surface area contributed by atoms with E-state index >= 15 is 0 Å². The SMILES string of the molecule is CC1(C)[C@H](C(=O)O)[C@@H]1C(=O)N(CCO)Cc1ccccc1. The second-order valence-corrected chi connectivity index (χ2v) is 6.08. The van der Waals surface area contributed by atoms with Gasteiger partial charge >= 0.3 is 5.97 Å². The Morgan fingerprint density at radius 1 is 1.19 bits per heavy atom. The summed E-state index contributed by atoms with van der Waals surface area (Å²) < 4.78 is 0. The molecule has 2 atom stereocenters. The Bertz CT molecular complexity index is 526. The summed E-state index contributed by atoms with van der Waals surface area (Å²) in [7, 11) is 0. The summed E-state index contributed by atoms with van der Waals surface area (Å²) in [5.74, 6) is -2.26. The number of amides is 1. The van der Waals surface area contributed by atoms with Crippen LogP contribution in [0.15, 0.2) is 30.3 Å². The zero-order valence-electron chi connectivity index (χ0n) is 12.3. The quantitative estimate of drug-likeness (QED) is 0.829. The minimum Gasteiger partial charge on any atom is -0.481 e. The summed E-state index contributed by atoms with van der Waals surface area (Å²) in [6.45, 7) is 4.07. The first-order valence-electron chi connectivity index (χ1n) is 7.06. The van der Waals surface area contributed by atoms with Crippen LogP contribution in [0.4, 0.5) is 0 Å². The summed E-state index contributed by atoms with van der Waals surface area (Å²) >= 11 is 0. The van der Waals surface area contributed by atoms with E-state index in [1.807, 2.05) is 30.3 Å². The third-order valence-electron chi connectivity index (χ3n) is 4.26. The molecule has 0 radical (unpaired) electrons. The smallest absolute Gasteiger partial charge is 0.307 e. The van der Waals surface area contributed by atoms with Crippen molar-refractivity contribution in [3.63, 3.8) is 0 Å². The van der Waals surface area contributed by atoms with Gasteiger partial charge in [-0.25, -0.2) is 0 Å². The van der Waals surface area contributed by atoms with Crippen molar-refractivity contribution >= 4 is 11.9 Å². The molecule has 0 aliphatic heterocycles. The summed E-state index contributed by atoms with van der Waals surface area (Å²) in [6, 6.07) is 9.48. The van der Waals surface area contributed by atoms with E-state index in [2.05, 4.69) is 0 Å². The number of carboxylic acid groups (broad SMARTS) is 1. The molecule has 114 valence electrons. The molecular weight excluding hydrogens is 270 g/mol. The monoisotopic (exact) mass is 291 g/mol. The fraction of sp³-hybridized carbons (Fsp3) is 0.500. The van der Waals surface area contributed by atoms with Crippen LogP contribution in [-0.4, -0.2) is 40.1 Å². The van der Waals surface area contributed by atoms with E-state index < -0.39 is 23.2 Å². The third-order valence-corrected chi connectivity index (χ3v) is 4.26. The molecule has 0 aromatic heterocycles. The second kappa shape index (κ2) is 5.85. The zero-order valence-corrected chi connectivity index (χ0v) is 12.3. The van der Waals surface area contributed by atoms with Crippen LogP contribution in [0.2, 0.25) is 0 Å². The topological polar surface area (TPSA) is 77.8 Å². The fourth-order valence-corrected chi connectivity index (χ4v) is 2.95. The van der Waals surface area contributed by atoms with Crippen LogP contribution in [0.5, 0.6) is 0 Å². The van der Waals surface area contributed by atoms with Crippen molar-refractivity contribution in [3.05, 3.63) is 35.9 Å². The lowest BCUT2D eigenvalue weighted by Crippen LogP contribution is -2.35. The number of carbonyl (C=O) groups is 2. The van der Waals surface area contributed by atoms with Gasteiger partial charge in [-0.1, -0.05) is 44.2 Å². The molecule has 5 nitrogen and oxygen atoms in total. The maximum Gasteiger partial charge on any atom is 0.307 e. The van der Waals surface area contributed by atoms with Gasteiger partial charge in [-0.2, -0.15) is 0 Å². The van der Waals surface area contributed by atoms with Crippen molar-refractivity contribution in [2.45, 2.75) is 20.4 Å². The van der Waals surface area contributed by atoms with Crippen molar-refractivity contribution in [2.75, 3.05) is 13.2 Å². The first-order valence-corrected chi connectivity index (χ1v) is 7.06. The fourth-order valence-electron chi connectivity index (χ4n) is 2.95. The van der Waals surface area contributed by atoms with Crippen LogP contribution < -0.4 is 0 Å². The Balaban J connectivity index is 2.12. The van der Waals surface area contributed by atoms with Gasteiger partial charge in [0.15, 0.2) is 0 Å². The molecule has 5 heteroatoms. The van der Waals surface area contributed by atoms with Crippen molar-refractivity contribution in [2.24, 2.45) is 17.3 Å². The van der Waals surface area contributed by atoms with Crippen molar-refractivity contribution in [3.8, 4) is 0 Å². The zero-order chi connectivity index (χ0) is 15.6. The molecule has 0 saturated heterocycles. The molecule has 2 rings (SSSR count). The van der Waals surface area contributed by atoms with E-state index in [0.29, 0.717) is 6.54 Å². The second-order valence-electron chi connectivity index (χ2n) is 6.08. The van der Waals surface area contributed by atoms with Gasteiger partial charge in [-0.05, 0) is 11.0 Å². The highest BCUT2D eigenvalue weighted by Crippen LogP contribution is 2.59. The lowest BCUT2D eigenvalue weighted by Gasteiger charge is -2.22. The van der Waals surface area contributed by atoms with Crippen molar-refractivity contribution < 1.29 is 19.8 Å². The Labute approximate surface area is 124 Å². The summed E-state index contributed by atoms with van der Waals surface area (Å²) in [4.78, 5) is 25.3. The number of hydrogen-bond acceptors (Lipinski definition) is 3. The maximum absolute atomic E-state index is 12.6. The first-order chi connectivity index (χ1) is 9.89. The van der Waals surface area contributed by atoms with Crippen LogP contribution in [0.1, 0.15) is 19.4 Å². The van der Waals surface area contributed by atoms with Crippen molar-refractivity contribution in [1.29, 1.82) is 0 Å². The number of aliphatic carboxylic acids is 1. The van der Waals surface area contributed by atoms with E-state index in [1.54, 1.807) is 18.7 Å². The van der Waals surface area contributed by atoms with Gasteiger partial charge in [0, 0.05) is 13.1 Å². The summed E-state index contributed by atoms with van der Waals surface area (Å²) in [5, 5.41) is 18.4. The molecule has 0 unspecified atom stereocenters. The Morgan fingerprint density at radius 2 is 1.81 bits per heavy atom. The highest BCUT2D eigenvalue weighted by Gasteiger charge is 2.66. The molecule has 1 aromatic carbocycles. The van der Waals surface area contributed by atoms with Crippen LogP contribution in [0.3, 0.4) is 0 Å². The van der Waals surface area contributed by atoms with Gasteiger partial charge in [-0.3, -0.25) is 9.59 Å². The predicted molar refractivity (Wildman–Crippen MR) is 77.3 cm³/mol. The van der Waals surface area contributed by atoms with Crippen LogP contribution in [0.25, 0.3) is 0 Å². The van der Waals surface area contributed by atoms with Gasteiger partial charge in [0.2, 0.25) is 5.91 Å². The normalized spacial score (nSPS) is 22.6. The lowest BCUT2D eigenvalue weighted by atomic mass is 10.1. The standard InChI is InChI=1S/C16H21NO4/c1-16(2)12(13(16)15(20)21)14(19)17(8-9-18)10-11-6-4-3-5-7-11/h3-7,12-13,18H,8-10H2,1-2H3,(H,20,21)/t12-,13+/m1/s1. The van der Waals surface area contributed by atoms with E-state index in [9.17, 15) is 14.7 Å². The Morgan fingerprint density at radius 3 is 2.29 bits per heavy atom. The molecule has 1 saturated carbocycles. The number of carboxylic acids is 1. The van der Waals surface area contributed by atoms with Crippen LogP contribution in [-0.2, 0) is 16.1 Å². The van der Waals surface area contributed by atoms with Gasteiger partial charge in [0.05, 0.1) is 18.4 Å². The maximum atomic E-state index is 12.6. The number of carbonyl (C=O) groups excluding carboxylic acids is 1. The molecule has 1 aliphatic carbocycles. The predicted octanol–water partition coefficient (Wildman–Crippen LogP) is 1.36. The molecule has 1 aliphatic rings. The highest BCUT2D eigenvalue weighted by molar-refractivity contribution is 5.91. The number of aliphatic hydroxyl groups excluding tert-OH is 1. The number of aliphatic hydroxyl groups is 1. The molecule has 0 heterocycles. The molecule has 0 spiro atoms. The Kier molecular flexibility index (Phi) is 4.32. The summed E-state index contributed by atoms with van der Waals surface area (Å²) in [5.41, 5.74) is 0.442. The molecule has 1 aromatic rings.